The predicted octanol–water partition coefficient (Wildman–Crippen LogP) is 3.75. The molecule has 3 aromatic rings. The van der Waals surface area contributed by atoms with Gasteiger partial charge in [-0.3, -0.25) is 14.3 Å². The Balaban J connectivity index is 1.77. The summed E-state index contributed by atoms with van der Waals surface area (Å²) in [7, 11) is 0. The van der Waals surface area contributed by atoms with Gasteiger partial charge < -0.3 is 5.32 Å². The van der Waals surface area contributed by atoms with Gasteiger partial charge >= 0.3 is 0 Å². The minimum Gasteiger partial charge on any atom is -0.351 e. The number of nitrogens with zero attached hydrogens (tertiary/aromatic N) is 3. The van der Waals surface area contributed by atoms with Crippen molar-refractivity contribution >= 4 is 27.5 Å². The van der Waals surface area contributed by atoms with Gasteiger partial charge in [-0.2, -0.15) is 0 Å². The summed E-state index contributed by atoms with van der Waals surface area (Å²) in [5, 5.41) is 4.21. The number of nitrogens with one attached hydrogen (secondary N) is 1. The Labute approximate surface area is 150 Å². The molecule has 5 nitrogen and oxygen atoms in total. The van der Waals surface area contributed by atoms with Gasteiger partial charge in [0.2, 0.25) is 5.95 Å². The van der Waals surface area contributed by atoms with E-state index in [9.17, 15) is 4.79 Å². The van der Waals surface area contributed by atoms with Crippen molar-refractivity contribution in [2.45, 2.75) is 52.1 Å². The maximum atomic E-state index is 13.2. The molecule has 3 aromatic heterocycles. The third-order valence-electron chi connectivity index (χ3n) is 4.70. The zero-order chi connectivity index (χ0) is 17.2. The molecule has 3 heterocycles. The van der Waals surface area contributed by atoms with E-state index >= 15 is 0 Å². The highest BCUT2D eigenvalue weighted by molar-refractivity contribution is 7.18. The quantitative estimate of drug-likeness (QED) is 0.758. The summed E-state index contributed by atoms with van der Waals surface area (Å²) < 4.78 is 1.81. The van der Waals surface area contributed by atoms with Gasteiger partial charge in [0, 0.05) is 30.4 Å². The lowest BCUT2D eigenvalue weighted by Gasteiger charge is -2.14. The first-order chi connectivity index (χ1) is 12.3. The number of anilines is 1. The number of aryl methyl sites for hydroxylation is 2. The summed E-state index contributed by atoms with van der Waals surface area (Å²) in [5.41, 5.74) is 2.44. The molecule has 0 spiro atoms. The maximum Gasteiger partial charge on any atom is 0.263 e. The molecule has 130 valence electrons. The van der Waals surface area contributed by atoms with Gasteiger partial charge in [0.05, 0.1) is 5.39 Å². The van der Waals surface area contributed by atoms with Crippen LogP contribution in [0.1, 0.15) is 42.2 Å². The zero-order valence-electron chi connectivity index (χ0n) is 14.4. The van der Waals surface area contributed by atoms with Crippen LogP contribution in [0.15, 0.2) is 29.3 Å². The number of thiophene rings is 1. The van der Waals surface area contributed by atoms with Crippen LogP contribution in [0.3, 0.4) is 0 Å². The molecule has 0 radical (unpaired) electrons. The minimum atomic E-state index is 0.111. The summed E-state index contributed by atoms with van der Waals surface area (Å²) in [6, 6.07) is 3.94. The number of hydrogen-bond donors (Lipinski definition) is 1. The molecule has 1 aliphatic rings. The monoisotopic (exact) mass is 354 g/mol. The van der Waals surface area contributed by atoms with E-state index in [0.717, 1.165) is 35.0 Å². The lowest BCUT2D eigenvalue weighted by Crippen LogP contribution is -2.25. The van der Waals surface area contributed by atoms with E-state index in [-0.39, 0.29) is 5.56 Å². The molecule has 0 aliphatic heterocycles. The fourth-order valence-electron chi connectivity index (χ4n) is 3.49. The number of pyridine rings is 1. The van der Waals surface area contributed by atoms with E-state index in [2.05, 4.69) is 17.2 Å². The lowest BCUT2D eigenvalue weighted by atomic mass is 9.97. The van der Waals surface area contributed by atoms with Gasteiger partial charge in [0.25, 0.3) is 5.56 Å². The van der Waals surface area contributed by atoms with Crippen molar-refractivity contribution in [2.24, 2.45) is 0 Å². The molecule has 0 fully saturated rings. The van der Waals surface area contributed by atoms with Crippen LogP contribution >= 0.6 is 11.3 Å². The number of aromatic nitrogens is 3. The van der Waals surface area contributed by atoms with Gasteiger partial charge in [0.15, 0.2) is 0 Å². The second kappa shape index (κ2) is 6.96. The molecular weight excluding hydrogens is 332 g/mol. The Morgan fingerprint density at radius 1 is 1.32 bits per heavy atom. The van der Waals surface area contributed by atoms with E-state index in [0.29, 0.717) is 19.0 Å². The Kier molecular flexibility index (Phi) is 4.53. The molecule has 1 aliphatic carbocycles. The van der Waals surface area contributed by atoms with Crippen molar-refractivity contribution in [1.82, 2.24) is 14.5 Å². The van der Waals surface area contributed by atoms with E-state index in [1.807, 2.05) is 18.3 Å². The highest BCUT2D eigenvalue weighted by atomic mass is 32.1. The van der Waals surface area contributed by atoms with Gasteiger partial charge in [-0.15, -0.1) is 11.3 Å². The van der Waals surface area contributed by atoms with E-state index in [1.54, 1.807) is 22.1 Å². The number of hydrogen-bond acceptors (Lipinski definition) is 5. The summed E-state index contributed by atoms with van der Waals surface area (Å²) >= 11 is 1.70. The fourth-order valence-corrected chi connectivity index (χ4v) is 4.74. The number of rotatable bonds is 5. The summed E-state index contributed by atoms with van der Waals surface area (Å²) in [6.45, 7) is 3.38. The fraction of sp³-hybridized carbons (Fsp3) is 0.421. The Morgan fingerprint density at radius 3 is 3.00 bits per heavy atom. The van der Waals surface area contributed by atoms with Crippen LogP contribution in [0.5, 0.6) is 0 Å². The normalized spacial score (nSPS) is 13.8. The van der Waals surface area contributed by atoms with Crippen LogP contribution in [0.2, 0.25) is 0 Å². The topological polar surface area (TPSA) is 59.8 Å². The number of fused-ring (bicyclic) bond motifs is 3. The molecule has 0 unspecified atom stereocenters. The first-order valence-corrected chi connectivity index (χ1v) is 9.77. The first kappa shape index (κ1) is 16.3. The Hall–Kier alpha value is -2.21. The van der Waals surface area contributed by atoms with Crippen molar-refractivity contribution in [3.63, 3.8) is 0 Å². The molecule has 25 heavy (non-hydrogen) atoms. The van der Waals surface area contributed by atoms with Gasteiger partial charge in [-0.1, -0.05) is 13.0 Å². The van der Waals surface area contributed by atoms with Crippen LogP contribution in [0, 0.1) is 0 Å². The van der Waals surface area contributed by atoms with Crippen LogP contribution < -0.4 is 10.9 Å². The molecule has 6 heteroatoms. The predicted molar refractivity (Wildman–Crippen MR) is 102 cm³/mol. The molecule has 4 rings (SSSR count). The summed E-state index contributed by atoms with van der Waals surface area (Å²) in [6.07, 6.45) is 8.99. The molecule has 0 saturated carbocycles. The molecular formula is C19H22N4OS. The van der Waals surface area contributed by atoms with Crippen molar-refractivity contribution in [1.29, 1.82) is 0 Å². The van der Waals surface area contributed by atoms with Gasteiger partial charge in [0.1, 0.15) is 4.83 Å². The first-order valence-electron chi connectivity index (χ1n) is 8.95. The van der Waals surface area contributed by atoms with Crippen molar-refractivity contribution in [3.05, 3.63) is 50.9 Å². The van der Waals surface area contributed by atoms with Gasteiger partial charge in [-0.25, -0.2) is 4.98 Å². The van der Waals surface area contributed by atoms with Crippen LogP contribution in [0.25, 0.3) is 10.2 Å². The molecule has 0 atom stereocenters. The van der Waals surface area contributed by atoms with E-state index < -0.39 is 0 Å². The highest BCUT2D eigenvalue weighted by Crippen LogP contribution is 2.34. The SMILES string of the molecule is CCCn1c(NCc2cccnc2)nc2sc3c(c2c1=O)CCCC3. The van der Waals surface area contributed by atoms with Crippen LogP contribution in [-0.2, 0) is 25.9 Å². The van der Waals surface area contributed by atoms with E-state index in [4.69, 9.17) is 4.98 Å². The second-order valence-electron chi connectivity index (χ2n) is 6.50. The van der Waals surface area contributed by atoms with Crippen molar-refractivity contribution in [3.8, 4) is 0 Å². The Morgan fingerprint density at radius 2 is 2.20 bits per heavy atom. The van der Waals surface area contributed by atoms with Crippen molar-refractivity contribution < 1.29 is 0 Å². The molecule has 1 N–H and O–H groups in total. The maximum absolute atomic E-state index is 13.2. The molecule has 0 saturated heterocycles. The van der Waals surface area contributed by atoms with Crippen LogP contribution in [0.4, 0.5) is 5.95 Å². The van der Waals surface area contributed by atoms with E-state index in [1.165, 1.54) is 23.3 Å². The third-order valence-corrected chi connectivity index (χ3v) is 5.88. The van der Waals surface area contributed by atoms with Gasteiger partial charge in [-0.05, 0) is 49.3 Å². The van der Waals surface area contributed by atoms with Crippen molar-refractivity contribution in [2.75, 3.05) is 5.32 Å². The third kappa shape index (κ3) is 3.06. The zero-order valence-corrected chi connectivity index (χ0v) is 15.2. The molecule has 0 aromatic carbocycles. The molecule has 0 amide bonds. The lowest BCUT2D eigenvalue weighted by molar-refractivity contribution is 0.651. The average molecular weight is 354 g/mol. The smallest absolute Gasteiger partial charge is 0.263 e. The Bertz CT molecular complexity index is 945. The van der Waals surface area contributed by atoms with Crippen LogP contribution in [-0.4, -0.2) is 14.5 Å². The summed E-state index contributed by atoms with van der Waals surface area (Å²) in [4.78, 5) is 24.4. The standard InChI is InChI=1S/C19H22N4OS/c1-2-10-23-18(24)16-14-7-3-4-8-15(14)25-17(16)22-19(23)21-12-13-6-5-9-20-11-13/h5-6,9,11H,2-4,7-8,10,12H2,1H3,(H,21,22). The molecule has 0 bridgehead atoms. The largest absolute Gasteiger partial charge is 0.351 e. The highest BCUT2D eigenvalue weighted by Gasteiger charge is 2.21. The minimum absolute atomic E-state index is 0.111. The average Bonchev–Trinajstić information content (AvgIpc) is 3.02. The summed E-state index contributed by atoms with van der Waals surface area (Å²) in [5.74, 6) is 0.668. The second-order valence-corrected chi connectivity index (χ2v) is 7.58.